The minimum atomic E-state index is 0. The van der Waals surface area contributed by atoms with Crippen LogP contribution in [0, 0.1) is 0 Å². The van der Waals surface area contributed by atoms with E-state index < -0.39 is 0 Å². The van der Waals surface area contributed by atoms with Gasteiger partial charge in [-0.3, -0.25) is 9.30 Å². The van der Waals surface area contributed by atoms with Gasteiger partial charge in [0, 0.05) is 24.8 Å². The van der Waals surface area contributed by atoms with Crippen LogP contribution in [0.15, 0.2) is 53.7 Å². The fourth-order valence-corrected chi connectivity index (χ4v) is 4.29. The Morgan fingerprint density at radius 2 is 1.85 bits per heavy atom. The van der Waals surface area contributed by atoms with E-state index in [0.29, 0.717) is 6.54 Å². The maximum absolute atomic E-state index is 5.69. The van der Waals surface area contributed by atoms with Gasteiger partial charge in [-0.2, -0.15) is 0 Å². The van der Waals surface area contributed by atoms with Gasteiger partial charge in [0.25, 0.3) is 0 Å². The van der Waals surface area contributed by atoms with Crippen LogP contribution in [0.2, 0.25) is 0 Å². The lowest BCUT2D eigenvalue weighted by molar-refractivity contribution is 0.161. The second kappa shape index (κ2) is 12.7. The highest BCUT2D eigenvalue weighted by molar-refractivity contribution is 14.0. The Kier molecular flexibility index (Phi) is 9.74. The van der Waals surface area contributed by atoms with Crippen molar-refractivity contribution in [2.24, 2.45) is 4.99 Å². The topological polar surface area (TPSA) is 79.1 Å². The monoisotopic (exact) mass is 563 g/mol. The Balaban J connectivity index is 0.00000306. The van der Waals surface area contributed by atoms with Gasteiger partial charge in [0.05, 0.1) is 13.2 Å². The van der Waals surface area contributed by atoms with E-state index in [1.54, 1.807) is 7.11 Å². The summed E-state index contributed by atoms with van der Waals surface area (Å²) in [6.45, 7) is 6.26. The summed E-state index contributed by atoms with van der Waals surface area (Å²) >= 11 is 0. The van der Waals surface area contributed by atoms with Gasteiger partial charge in [0.2, 0.25) is 0 Å². The molecular weight excluding hydrogens is 529 g/mol. The summed E-state index contributed by atoms with van der Waals surface area (Å²) in [7, 11) is 1.74. The summed E-state index contributed by atoms with van der Waals surface area (Å²) < 4.78 is 7.66. The van der Waals surface area contributed by atoms with E-state index in [1.807, 2.05) is 40.9 Å². The second-order valence-electron chi connectivity index (χ2n) is 7.98. The number of aromatic nitrogens is 3. The number of para-hydroxylation sites is 1. The third-order valence-corrected chi connectivity index (χ3v) is 5.90. The molecule has 0 bridgehead atoms. The number of aliphatic imine (C=N–C) groups is 1. The first kappa shape index (κ1) is 25.2. The van der Waals surface area contributed by atoms with Crippen LogP contribution in [0.1, 0.15) is 43.6 Å². The van der Waals surface area contributed by atoms with Gasteiger partial charge in [-0.25, -0.2) is 4.99 Å². The van der Waals surface area contributed by atoms with E-state index in [9.17, 15) is 0 Å². The Hall–Kier alpha value is -2.40. The van der Waals surface area contributed by atoms with Crippen molar-refractivity contribution in [2.45, 2.75) is 38.8 Å². The third-order valence-electron chi connectivity index (χ3n) is 5.90. The SMILES string of the molecule is CCNC(=NCc1nnc2ccccn12)NCC(c1ccccc1OC)N1CCCCC1.I. The molecule has 1 aliphatic rings. The first-order valence-corrected chi connectivity index (χ1v) is 11.5. The summed E-state index contributed by atoms with van der Waals surface area (Å²) in [6.07, 6.45) is 5.74. The first-order valence-electron chi connectivity index (χ1n) is 11.5. The van der Waals surface area contributed by atoms with E-state index in [0.717, 1.165) is 49.4 Å². The Morgan fingerprint density at radius 3 is 2.64 bits per heavy atom. The number of fused-ring (bicyclic) bond motifs is 1. The predicted molar refractivity (Wildman–Crippen MR) is 142 cm³/mol. The Bertz CT molecular complexity index is 1030. The third kappa shape index (κ3) is 6.35. The number of hydrogen-bond donors (Lipinski definition) is 2. The van der Waals surface area contributed by atoms with Crippen molar-refractivity contribution in [1.29, 1.82) is 0 Å². The fourth-order valence-electron chi connectivity index (χ4n) is 4.29. The molecule has 3 aromatic rings. The molecule has 0 aliphatic carbocycles. The molecule has 1 aliphatic heterocycles. The smallest absolute Gasteiger partial charge is 0.191 e. The number of guanidine groups is 1. The van der Waals surface area contributed by atoms with Crippen molar-refractivity contribution >= 4 is 35.6 Å². The van der Waals surface area contributed by atoms with E-state index in [1.165, 1.54) is 24.8 Å². The maximum atomic E-state index is 5.69. The molecule has 2 N–H and O–H groups in total. The number of methoxy groups -OCH3 is 1. The number of halogens is 1. The van der Waals surface area contributed by atoms with Gasteiger partial charge < -0.3 is 15.4 Å². The number of likely N-dealkylation sites (tertiary alicyclic amines) is 1. The quantitative estimate of drug-likeness (QED) is 0.248. The zero-order chi connectivity index (χ0) is 22.2. The highest BCUT2D eigenvalue weighted by atomic mass is 127. The van der Waals surface area contributed by atoms with Crippen LogP contribution in [-0.4, -0.2) is 58.7 Å². The number of piperidine rings is 1. The normalized spacial score (nSPS) is 15.6. The lowest BCUT2D eigenvalue weighted by Crippen LogP contribution is -2.44. The molecule has 3 heterocycles. The fraction of sp³-hybridized carbons (Fsp3) is 0.458. The molecule has 0 radical (unpaired) electrons. The number of pyridine rings is 1. The molecule has 1 saturated heterocycles. The molecule has 1 aromatic carbocycles. The van der Waals surface area contributed by atoms with Crippen LogP contribution in [-0.2, 0) is 6.54 Å². The lowest BCUT2D eigenvalue weighted by Gasteiger charge is -2.35. The zero-order valence-corrected chi connectivity index (χ0v) is 21.7. The molecule has 178 valence electrons. The molecule has 8 nitrogen and oxygen atoms in total. The first-order chi connectivity index (χ1) is 15.8. The van der Waals surface area contributed by atoms with Crippen LogP contribution in [0.5, 0.6) is 5.75 Å². The highest BCUT2D eigenvalue weighted by Crippen LogP contribution is 2.30. The number of rotatable bonds is 8. The van der Waals surface area contributed by atoms with Gasteiger partial charge in [-0.1, -0.05) is 30.7 Å². The second-order valence-corrected chi connectivity index (χ2v) is 7.98. The Morgan fingerprint density at radius 1 is 1.06 bits per heavy atom. The molecule has 33 heavy (non-hydrogen) atoms. The molecule has 0 amide bonds. The van der Waals surface area contributed by atoms with Crippen LogP contribution in [0.25, 0.3) is 5.65 Å². The van der Waals surface area contributed by atoms with Crippen LogP contribution < -0.4 is 15.4 Å². The number of nitrogens with zero attached hydrogens (tertiary/aromatic N) is 5. The molecule has 1 unspecified atom stereocenters. The molecule has 2 aromatic heterocycles. The predicted octanol–water partition coefficient (Wildman–Crippen LogP) is 3.64. The molecule has 1 fully saturated rings. The van der Waals surface area contributed by atoms with Crippen molar-refractivity contribution < 1.29 is 4.74 Å². The van der Waals surface area contributed by atoms with Crippen LogP contribution in [0.4, 0.5) is 0 Å². The highest BCUT2D eigenvalue weighted by Gasteiger charge is 2.25. The van der Waals surface area contributed by atoms with Crippen molar-refractivity contribution in [3.05, 3.63) is 60.0 Å². The number of nitrogens with one attached hydrogen (secondary N) is 2. The van der Waals surface area contributed by atoms with Crippen LogP contribution in [0.3, 0.4) is 0 Å². The molecule has 1 atom stereocenters. The average molecular weight is 563 g/mol. The van der Waals surface area contributed by atoms with Gasteiger partial charge in [-0.15, -0.1) is 34.2 Å². The van der Waals surface area contributed by atoms with Gasteiger partial charge in [-0.05, 0) is 51.1 Å². The van der Waals surface area contributed by atoms with Gasteiger partial charge in [0.15, 0.2) is 17.4 Å². The molecule has 0 spiro atoms. The van der Waals surface area contributed by atoms with E-state index in [2.05, 4.69) is 44.8 Å². The average Bonchev–Trinajstić information content (AvgIpc) is 3.26. The molecular formula is C24H34IN7O. The van der Waals surface area contributed by atoms with Crippen molar-refractivity contribution in [1.82, 2.24) is 30.1 Å². The summed E-state index contributed by atoms with van der Waals surface area (Å²) in [4.78, 5) is 7.34. The van der Waals surface area contributed by atoms with Crippen molar-refractivity contribution in [3.63, 3.8) is 0 Å². The van der Waals surface area contributed by atoms with Crippen molar-refractivity contribution in [2.75, 3.05) is 33.3 Å². The summed E-state index contributed by atoms with van der Waals surface area (Å²) in [5.41, 5.74) is 2.04. The molecule has 9 heteroatoms. The molecule has 0 saturated carbocycles. The lowest BCUT2D eigenvalue weighted by atomic mass is 10.0. The number of ether oxygens (including phenoxy) is 1. The Labute approximate surface area is 212 Å². The summed E-state index contributed by atoms with van der Waals surface area (Å²) in [5.74, 6) is 2.52. The molecule has 4 rings (SSSR count). The minimum Gasteiger partial charge on any atom is -0.496 e. The van der Waals surface area contributed by atoms with E-state index in [4.69, 9.17) is 9.73 Å². The van der Waals surface area contributed by atoms with Gasteiger partial charge >= 0.3 is 0 Å². The van der Waals surface area contributed by atoms with E-state index in [-0.39, 0.29) is 30.0 Å². The number of hydrogen-bond acceptors (Lipinski definition) is 5. The zero-order valence-electron chi connectivity index (χ0n) is 19.4. The maximum Gasteiger partial charge on any atom is 0.191 e. The van der Waals surface area contributed by atoms with Gasteiger partial charge in [0.1, 0.15) is 12.3 Å². The number of benzene rings is 1. The summed E-state index contributed by atoms with van der Waals surface area (Å²) in [5, 5.41) is 15.4. The van der Waals surface area contributed by atoms with Crippen molar-refractivity contribution in [3.8, 4) is 5.75 Å². The van der Waals surface area contributed by atoms with Crippen LogP contribution >= 0.6 is 24.0 Å². The van der Waals surface area contributed by atoms with E-state index >= 15 is 0 Å². The largest absolute Gasteiger partial charge is 0.496 e. The minimum absolute atomic E-state index is 0. The standard InChI is InChI=1S/C24H33N7O.HI/c1-3-25-24(27-18-23-29-28-22-13-7-10-16-31(22)23)26-17-20(30-14-8-4-9-15-30)19-11-5-6-12-21(19)32-2;/h5-7,10-13,16,20H,3-4,8-9,14-15,17-18H2,1-2H3,(H2,25,26,27);1H. The summed E-state index contributed by atoms with van der Waals surface area (Å²) in [6, 6.07) is 14.4.